The van der Waals surface area contributed by atoms with Gasteiger partial charge in [0.1, 0.15) is 11.2 Å². The molecular formula is C14H19NO4S3. The number of aryl methyl sites for hydroxylation is 1. The van der Waals surface area contributed by atoms with Gasteiger partial charge in [-0.25, -0.2) is 8.42 Å². The predicted octanol–water partition coefficient (Wildman–Crippen LogP) is 3.06. The number of nitrogens with zero attached hydrogens (tertiary/aromatic N) is 1. The Hall–Kier alpha value is -0.930. The van der Waals surface area contributed by atoms with Crippen LogP contribution >= 0.6 is 23.1 Å². The number of allylic oxidation sites excluding steroid dienone is 1. The van der Waals surface area contributed by atoms with Crippen molar-refractivity contribution in [2.45, 2.75) is 24.7 Å². The lowest BCUT2D eigenvalue weighted by atomic mass is 10.2. The average molecular weight is 362 g/mol. The highest BCUT2D eigenvalue weighted by molar-refractivity contribution is 8.00. The van der Waals surface area contributed by atoms with Crippen LogP contribution in [0.5, 0.6) is 0 Å². The highest BCUT2D eigenvalue weighted by Gasteiger charge is 2.20. The van der Waals surface area contributed by atoms with Crippen LogP contribution in [0.15, 0.2) is 28.6 Å². The van der Waals surface area contributed by atoms with Gasteiger partial charge >= 0.3 is 0 Å². The molecule has 0 aliphatic carbocycles. The van der Waals surface area contributed by atoms with Crippen molar-refractivity contribution in [3.63, 3.8) is 0 Å². The third-order valence-electron chi connectivity index (χ3n) is 2.76. The summed E-state index contributed by atoms with van der Waals surface area (Å²) >= 11 is 3.71. The minimum absolute atomic E-state index is 0.808. The Morgan fingerprint density at radius 3 is 2.55 bits per heavy atom. The first-order valence-corrected chi connectivity index (χ1v) is 9.88. The summed E-state index contributed by atoms with van der Waals surface area (Å²) in [5.74, 6) is 0. The molecule has 2 aromatic rings. The summed E-state index contributed by atoms with van der Waals surface area (Å²) < 4.78 is 36.2. The van der Waals surface area contributed by atoms with Gasteiger partial charge in [-0.05, 0) is 44.0 Å². The van der Waals surface area contributed by atoms with E-state index < -0.39 is 10.4 Å². The van der Waals surface area contributed by atoms with Crippen LogP contribution in [0.2, 0.25) is 0 Å². The fourth-order valence-electron chi connectivity index (χ4n) is 1.90. The fourth-order valence-corrected chi connectivity index (χ4v) is 3.94. The number of hydrogen-bond acceptors (Lipinski definition) is 6. The van der Waals surface area contributed by atoms with Gasteiger partial charge in [-0.3, -0.25) is 4.18 Å². The van der Waals surface area contributed by atoms with Crippen molar-refractivity contribution in [3.8, 4) is 0 Å². The van der Waals surface area contributed by atoms with Gasteiger partial charge in [0.15, 0.2) is 0 Å². The number of aromatic nitrogens is 1. The highest BCUT2D eigenvalue weighted by atomic mass is 32.3. The molecular weight excluding hydrogens is 342 g/mol. The molecule has 0 bridgehead atoms. The lowest BCUT2D eigenvalue weighted by Crippen LogP contribution is -2.33. The van der Waals surface area contributed by atoms with Crippen LogP contribution in [-0.2, 0) is 21.1 Å². The predicted molar refractivity (Wildman–Crippen MR) is 90.9 cm³/mol. The van der Waals surface area contributed by atoms with E-state index in [9.17, 15) is 13.0 Å². The van der Waals surface area contributed by atoms with Crippen molar-refractivity contribution in [2.24, 2.45) is 0 Å². The van der Waals surface area contributed by atoms with Gasteiger partial charge in [0.05, 0.1) is 7.11 Å². The monoisotopic (exact) mass is 361 g/mol. The number of para-hydroxylation sites is 1. The van der Waals surface area contributed by atoms with E-state index in [1.807, 2.05) is 23.1 Å². The van der Waals surface area contributed by atoms with Crippen LogP contribution in [0.25, 0.3) is 16.3 Å². The summed E-state index contributed by atoms with van der Waals surface area (Å²) in [6, 6.07) is 6.53. The lowest BCUT2D eigenvalue weighted by molar-refractivity contribution is -0.698. The molecule has 2 rings (SSSR count). The van der Waals surface area contributed by atoms with E-state index >= 15 is 0 Å². The number of thioether (sulfide) groups is 1. The SMILES string of the molecule is CC=Cc1cccc2sc(SC)[n+](CC)c12.COS(=O)(=O)[O-]. The normalized spacial score (nSPS) is 11.7. The Morgan fingerprint density at radius 1 is 1.45 bits per heavy atom. The van der Waals surface area contributed by atoms with Crippen LogP contribution in [0, 0.1) is 0 Å². The standard InChI is InChI=1S/C13H16NS2.CH4O4S/c1-4-7-10-8-6-9-11-12(10)14(5-2)13(15-3)16-11;1-5-6(2,3)4/h4,6-9H,5H2,1-3H3;1H3,(H,2,3,4)/q+1;/p-1. The van der Waals surface area contributed by atoms with E-state index in [2.05, 4.69) is 59.2 Å². The quantitative estimate of drug-likeness (QED) is 0.362. The number of fused-ring (bicyclic) bond motifs is 1. The molecule has 0 aliphatic rings. The molecule has 1 aromatic carbocycles. The molecule has 0 fully saturated rings. The average Bonchev–Trinajstić information content (AvgIpc) is 2.86. The third kappa shape index (κ3) is 5.06. The maximum Gasteiger partial charge on any atom is 0.298 e. The third-order valence-corrected chi connectivity index (χ3v) is 5.43. The van der Waals surface area contributed by atoms with E-state index in [0.717, 1.165) is 13.7 Å². The van der Waals surface area contributed by atoms with Gasteiger partial charge in [-0.2, -0.15) is 4.57 Å². The molecule has 0 unspecified atom stereocenters. The zero-order valence-corrected chi connectivity index (χ0v) is 15.3. The zero-order valence-electron chi connectivity index (χ0n) is 12.9. The van der Waals surface area contributed by atoms with Gasteiger partial charge < -0.3 is 4.55 Å². The summed E-state index contributed by atoms with van der Waals surface area (Å²) in [4.78, 5) is 0. The Kier molecular flexibility index (Phi) is 7.51. The maximum absolute atomic E-state index is 9.22. The van der Waals surface area contributed by atoms with E-state index in [-0.39, 0.29) is 0 Å². The van der Waals surface area contributed by atoms with Gasteiger partial charge in [0.25, 0.3) is 4.34 Å². The minimum Gasteiger partial charge on any atom is -0.726 e. The van der Waals surface area contributed by atoms with E-state index in [1.165, 1.54) is 20.1 Å². The van der Waals surface area contributed by atoms with Gasteiger partial charge in [0, 0.05) is 5.56 Å². The molecule has 122 valence electrons. The molecule has 1 aromatic heterocycles. The second kappa shape index (κ2) is 8.64. The van der Waals surface area contributed by atoms with Crippen LogP contribution in [0.1, 0.15) is 19.4 Å². The fraction of sp³-hybridized carbons (Fsp3) is 0.357. The van der Waals surface area contributed by atoms with Gasteiger partial charge in [-0.15, -0.1) is 0 Å². The first kappa shape index (κ1) is 19.1. The summed E-state index contributed by atoms with van der Waals surface area (Å²) in [6.07, 6.45) is 6.43. The largest absolute Gasteiger partial charge is 0.726 e. The van der Waals surface area contributed by atoms with E-state index in [4.69, 9.17) is 0 Å². The second-order valence-corrected chi connectivity index (χ2v) is 7.32. The molecule has 22 heavy (non-hydrogen) atoms. The highest BCUT2D eigenvalue weighted by Crippen LogP contribution is 2.29. The smallest absolute Gasteiger partial charge is 0.298 e. The van der Waals surface area contributed by atoms with Gasteiger partial charge in [-0.1, -0.05) is 29.6 Å². The number of rotatable bonds is 4. The molecule has 0 aliphatic heterocycles. The molecule has 0 saturated heterocycles. The van der Waals surface area contributed by atoms with Crippen LogP contribution in [-0.4, -0.2) is 26.3 Å². The van der Waals surface area contributed by atoms with Crippen LogP contribution in [0.3, 0.4) is 0 Å². The van der Waals surface area contributed by atoms with E-state index in [1.54, 1.807) is 0 Å². The van der Waals surface area contributed by atoms with Gasteiger partial charge in [0.2, 0.25) is 15.9 Å². The van der Waals surface area contributed by atoms with E-state index in [0.29, 0.717) is 0 Å². The molecule has 8 heteroatoms. The molecule has 5 nitrogen and oxygen atoms in total. The topological polar surface area (TPSA) is 70.3 Å². The van der Waals surface area contributed by atoms with Crippen molar-refractivity contribution >= 4 is 49.8 Å². The molecule has 0 spiro atoms. The summed E-state index contributed by atoms with van der Waals surface area (Å²) in [6.45, 7) is 5.31. The Bertz CT molecular complexity index is 751. The first-order chi connectivity index (χ1) is 10.4. The van der Waals surface area contributed by atoms with Crippen molar-refractivity contribution < 1.29 is 21.7 Å². The maximum atomic E-state index is 9.22. The Labute approximate surface area is 139 Å². The molecule has 0 N–H and O–H groups in total. The summed E-state index contributed by atoms with van der Waals surface area (Å²) in [5.41, 5.74) is 2.69. The number of benzene rings is 1. The summed E-state index contributed by atoms with van der Waals surface area (Å²) in [5, 5.41) is 0. The first-order valence-electron chi connectivity index (χ1n) is 6.51. The van der Waals surface area contributed by atoms with Crippen molar-refractivity contribution in [1.29, 1.82) is 0 Å². The zero-order chi connectivity index (χ0) is 16.8. The molecule has 0 saturated carbocycles. The lowest BCUT2D eigenvalue weighted by Gasteiger charge is -1.98. The minimum atomic E-state index is -4.41. The van der Waals surface area contributed by atoms with Crippen molar-refractivity contribution in [1.82, 2.24) is 0 Å². The number of hydrogen-bond donors (Lipinski definition) is 0. The Morgan fingerprint density at radius 2 is 2.09 bits per heavy atom. The van der Waals surface area contributed by atoms with Crippen LogP contribution < -0.4 is 4.57 Å². The Balaban J connectivity index is 0.000000346. The van der Waals surface area contributed by atoms with Crippen molar-refractivity contribution in [3.05, 3.63) is 29.8 Å². The molecule has 0 radical (unpaired) electrons. The number of thiazole rings is 1. The molecule has 0 amide bonds. The molecule has 0 atom stereocenters. The van der Waals surface area contributed by atoms with Crippen molar-refractivity contribution in [2.75, 3.05) is 13.4 Å². The van der Waals surface area contributed by atoms with Crippen LogP contribution in [0.4, 0.5) is 0 Å². The summed E-state index contributed by atoms with van der Waals surface area (Å²) in [7, 11) is -3.60. The molecule has 1 heterocycles. The second-order valence-electron chi connectivity index (χ2n) is 4.09.